The normalized spacial score (nSPS) is 12.8. The van der Waals surface area contributed by atoms with Crippen LogP contribution in [0.15, 0.2) is 35.2 Å². The molecule has 134 valence electrons. The number of aromatic nitrogens is 2. The summed E-state index contributed by atoms with van der Waals surface area (Å²) in [6.07, 6.45) is 0. The summed E-state index contributed by atoms with van der Waals surface area (Å²) < 4.78 is 62.2. The predicted octanol–water partition coefficient (Wildman–Crippen LogP) is 3.47. The maximum atomic E-state index is 12.7. The van der Waals surface area contributed by atoms with E-state index < -0.39 is 20.2 Å². The number of nitrogens with zero attached hydrogens (tertiary/aromatic N) is 2. The van der Waals surface area contributed by atoms with Gasteiger partial charge in [0.25, 0.3) is 9.84 Å². The molecule has 0 atom stereocenters. The molecule has 0 saturated heterocycles. The van der Waals surface area contributed by atoms with Crippen molar-refractivity contribution in [2.24, 2.45) is 0 Å². The van der Waals surface area contributed by atoms with Crippen molar-refractivity contribution in [3.05, 3.63) is 36.0 Å². The Morgan fingerprint density at radius 3 is 2.17 bits per heavy atom. The van der Waals surface area contributed by atoms with Crippen LogP contribution < -0.4 is 5.73 Å². The minimum Gasteiger partial charge on any atom is -0.384 e. The Morgan fingerprint density at radius 1 is 1.12 bits per heavy atom. The molecule has 0 aliphatic heterocycles. The van der Waals surface area contributed by atoms with Gasteiger partial charge in [-0.3, -0.25) is 0 Å². The third kappa shape index (κ3) is 3.67. The minimum absolute atomic E-state index is 0. The second kappa shape index (κ2) is 6.29. The van der Waals surface area contributed by atoms with E-state index >= 15 is 0 Å². The van der Waals surface area contributed by atoms with Crippen molar-refractivity contribution in [2.45, 2.75) is 36.6 Å². The number of halogens is 4. The van der Waals surface area contributed by atoms with E-state index in [1.54, 1.807) is 6.07 Å². The van der Waals surface area contributed by atoms with E-state index in [1.165, 1.54) is 16.8 Å². The smallest absolute Gasteiger partial charge is 0.384 e. The zero-order chi connectivity index (χ0) is 17.6. The number of hydrogen-bond donors (Lipinski definition) is 1. The maximum absolute atomic E-state index is 12.7. The number of alkyl halides is 3. The van der Waals surface area contributed by atoms with Crippen molar-refractivity contribution in [3.63, 3.8) is 0 Å². The monoisotopic (exact) mass is 383 g/mol. The lowest BCUT2D eigenvalue weighted by atomic mass is 9.92. The molecule has 2 aromatic rings. The molecule has 1 heterocycles. The number of hydrogen-bond acceptors (Lipinski definition) is 4. The molecule has 24 heavy (non-hydrogen) atoms. The summed E-state index contributed by atoms with van der Waals surface area (Å²) in [5.41, 5.74) is 0.950. The fraction of sp³-hybridized carbons (Fsp3) is 0.357. The van der Waals surface area contributed by atoms with Gasteiger partial charge >= 0.3 is 5.51 Å². The summed E-state index contributed by atoms with van der Waals surface area (Å²) in [5.74, 6) is 0.205. The molecule has 2 N–H and O–H groups in total. The van der Waals surface area contributed by atoms with Crippen molar-refractivity contribution in [1.82, 2.24) is 9.78 Å². The van der Waals surface area contributed by atoms with Crippen LogP contribution in [0.5, 0.6) is 0 Å². The Labute approximate surface area is 144 Å². The highest BCUT2D eigenvalue weighted by Gasteiger charge is 2.46. The van der Waals surface area contributed by atoms with E-state index in [9.17, 15) is 21.6 Å². The first-order chi connectivity index (χ1) is 10.3. The second-order valence-corrected chi connectivity index (χ2v) is 8.00. The van der Waals surface area contributed by atoms with Gasteiger partial charge in [0, 0.05) is 11.5 Å². The molecule has 0 bridgehead atoms. The highest BCUT2D eigenvalue weighted by molar-refractivity contribution is 7.92. The van der Waals surface area contributed by atoms with Gasteiger partial charge in [-0.15, -0.1) is 12.4 Å². The molecule has 1 aromatic carbocycles. The summed E-state index contributed by atoms with van der Waals surface area (Å²) in [5, 5.41) is 4.25. The summed E-state index contributed by atoms with van der Waals surface area (Å²) in [7, 11) is -5.42. The molecular formula is C14H17ClF3N3O2S. The topological polar surface area (TPSA) is 78.0 Å². The van der Waals surface area contributed by atoms with Crippen LogP contribution in [0.25, 0.3) is 5.69 Å². The molecule has 0 unspecified atom stereocenters. The van der Waals surface area contributed by atoms with E-state index in [2.05, 4.69) is 5.10 Å². The van der Waals surface area contributed by atoms with Crippen LogP contribution in [0.4, 0.5) is 19.0 Å². The fourth-order valence-corrected chi connectivity index (χ4v) is 2.69. The third-order valence-corrected chi connectivity index (χ3v) is 4.67. The molecule has 0 spiro atoms. The van der Waals surface area contributed by atoms with Gasteiger partial charge in [0.15, 0.2) is 0 Å². The van der Waals surface area contributed by atoms with E-state index in [1.807, 2.05) is 20.8 Å². The zero-order valence-electron chi connectivity index (χ0n) is 13.1. The number of rotatable bonds is 2. The average Bonchev–Trinajstić information content (AvgIpc) is 2.79. The Bertz CT molecular complexity index is 840. The van der Waals surface area contributed by atoms with Crippen molar-refractivity contribution >= 4 is 28.1 Å². The maximum Gasteiger partial charge on any atom is 0.501 e. The molecule has 5 nitrogen and oxygen atoms in total. The largest absolute Gasteiger partial charge is 0.501 e. The molecule has 10 heteroatoms. The molecular weight excluding hydrogens is 367 g/mol. The highest BCUT2D eigenvalue weighted by atomic mass is 35.5. The molecule has 2 rings (SSSR count). The fourth-order valence-electron chi connectivity index (χ4n) is 1.88. The number of sulfone groups is 1. The van der Waals surface area contributed by atoms with E-state index in [0.717, 1.165) is 12.1 Å². The summed E-state index contributed by atoms with van der Waals surface area (Å²) in [6, 6.07) is 6.04. The molecule has 0 radical (unpaired) electrons. The number of anilines is 1. The van der Waals surface area contributed by atoms with Gasteiger partial charge in [0.05, 0.1) is 16.3 Å². The molecule has 1 aromatic heterocycles. The number of nitrogens with two attached hydrogens (primary N) is 1. The number of benzene rings is 1. The Balaban J connectivity index is 0.00000288. The second-order valence-electron chi connectivity index (χ2n) is 6.06. The predicted molar refractivity (Wildman–Crippen MR) is 87.2 cm³/mol. The highest BCUT2D eigenvalue weighted by Crippen LogP contribution is 2.31. The Morgan fingerprint density at radius 2 is 1.71 bits per heavy atom. The van der Waals surface area contributed by atoms with Gasteiger partial charge in [-0.25, -0.2) is 13.1 Å². The number of nitrogen functional groups attached to an aromatic ring is 1. The van der Waals surface area contributed by atoms with Crippen LogP contribution in [-0.4, -0.2) is 23.7 Å². The first kappa shape index (κ1) is 20.3. The lowest BCUT2D eigenvalue weighted by Crippen LogP contribution is -2.23. The van der Waals surface area contributed by atoms with Gasteiger partial charge in [0.1, 0.15) is 5.82 Å². The van der Waals surface area contributed by atoms with Crippen LogP contribution in [-0.2, 0) is 15.3 Å². The molecule has 0 amide bonds. The first-order valence-electron chi connectivity index (χ1n) is 6.62. The lowest BCUT2D eigenvalue weighted by molar-refractivity contribution is -0.0436. The van der Waals surface area contributed by atoms with Gasteiger partial charge in [-0.05, 0) is 18.2 Å². The van der Waals surface area contributed by atoms with Crippen LogP contribution in [0, 0.1) is 0 Å². The lowest BCUT2D eigenvalue weighted by Gasteiger charge is -2.14. The van der Waals surface area contributed by atoms with E-state index in [0.29, 0.717) is 5.69 Å². The molecule has 0 aliphatic carbocycles. The third-order valence-electron chi connectivity index (χ3n) is 3.18. The summed E-state index contributed by atoms with van der Waals surface area (Å²) in [6.45, 7) is 5.72. The van der Waals surface area contributed by atoms with Gasteiger partial charge in [0.2, 0.25) is 0 Å². The van der Waals surface area contributed by atoms with Gasteiger partial charge in [-0.2, -0.15) is 18.3 Å². The summed E-state index contributed by atoms with van der Waals surface area (Å²) in [4.78, 5) is -0.852. The minimum atomic E-state index is -5.42. The molecule has 0 saturated carbocycles. The molecule has 0 aliphatic rings. The van der Waals surface area contributed by atoms with Gasteiger partial charge in [-0.1, -0.05) is 26.8 Å². The summed E-state index contributed by atoms with van der Waals surface area (Å²) >= 11 is 0. The molecule has 0 fully saturated rings. The van der Waals surface area contributed by atoms with Gasteiger partial charge < -0.3 is 5.73 Å². The van der Waals surface area contributed by atoms with Crippen molar-refractivity contribution in [1.29, 1.82) is 0 Å². The van der Waals surface area contributed by atoms with Crippen LogP contribution >= 0.6 is 12.4 Å². The van der Waals surface area contributed by atoms with Crippen molar-refractivity contribution in [3.8, 4) is 5.69 Å². The standard InChI is InChI=1S/C14H16F3N3O2S.ClH/c1-13(2,3)11-8-12(18)20(19-11)9-5-4-6-10(7-9)23(21,22)14(15,16)17;/h4-8H,18H2,1-3H3;1H. The van der Waals surface area contributed by atoms with Crippen LogP contribution in [0.2, 0.25) is 0 Å². The van der Waals surface area contributed by atoms with Crippen LogP contribution in [0.1, 0.15) is 26.5 Å². The van der Waals surface area contributed by atoms with Crippen molar-refractivity contribution in [2.75, 3.05) is 5.73 Å². The Kier molecular flexibility index (Phi) is 5.32. The average molecular weight is 384 g/mol. The van der Waals surface area contributed by atoms with Crippen LogP contribution in [0.3, 0.4) is 0 Å². The van der Waals surface area contributed by atoms with E-state index in [4.69, 9.17) is 5.73 Å². The Hall–Kier alpha value is -1.74. The van der Waals surface area contributed by atoms with Crippen molar-refractivity contribution < 1.29 is 21.6 Å². The zero-order valence-corrected chi connectivity index (χ0v) is 14.8. The van der Waals surface area contributed by atoms with E-state index in [-0.39, 0.29) is 29.3 Å². The SMILES string of the molecule is CC(C)(C)c1cc(N)n(-c2cccc(S(=O)(=O)C(F)(F)F)c2)n1.Cl. The first-order valence-corrected chi connectivity index (χ1v) is 8.10. The quantitative estimate of drug-likeness (QED) is 0.861.